The highest BCUT2D eigenvalue weighted by molar-refractivity contribution is 6.01. The number of rotatable bonds is 6. The Bertz CT molecular complexity index is 1820. The molecule has 15 heteroatoms. The van der Waals surface area contributed by atoms with Crippen LogP contribution in [0.5, 0.6) is 5.75 Å². The molecule has 0 bridgehead atoms. The summed E-state index contributed by atoms with van der Waals surface area (Å²) in [5.74, 6) is 0.244. The zero-order valence-corrected chi connectivity index (χ0v) is 23.2. The summed E-state index contributed by atoms with van der Waals surface area (Å²) in [6.07, 6.45) is 0.717. The fraction of sp³-hybridized carbons (Fsp3) is 0.259. The van der Waals surface area contributed by atoms with Crippen molar-refractivity contribution >= 4 is 40.3 Å². The van der Waals surface area contributed by atoms with Gasteiger partial charge in [-0.05, 0) is 26.0 Å². The molecule has 12 nitrogen and oxygen atoms in total. The van der Waals surface area contributed by atoms with Crippen molar-refractivity contribution in [1.82, 2.24) is 24.8 Å². The number of halogens is 3. The monoisotopic (exact) mass is 579 g/mol. The molecule has 4 aromatic rings. The summed E-state index contributed by atoms with van der Waals surface area (Å²) < 4.78 is 50.0. The molecule has 42 heavy (non-hydrogen) atoms. The van der Waals surface area contributed by atoms with Crippen LogP contribution >= 0.6 is 0 Å². The van der Waals surface area contributed by atoms with Gasteiger partial charge in [-0.25, -0.2) is 29.8 Å². The first-order valence-corrected chi connectivity index (χ1v) is 12.5. The molecule has 0 saturated carbocycles. The number of aryl methyl sites for hydroxylation is 1. The predicted octanol–water partition coefficient (Wildman–Crippen LogP) is 3.51. The number of hydrogen-bond donors (Lipinski definition) is 4. The molecular weight excluding hydrogens is 553 g/mol. The second-order valence-electron chi connectivity index (χ2n) is 9.97. The average molecular weight is 580 g/mol. The van der Waals surface area contributed by atoms with Crippen molar-refractivity contribution in [2.45, 2.75) is 25.6 Å². The van der Waals surface area contributed by atoms with E-state index in [-0.39, 0.29) is 45.5 Å². The van der Waals surface area contributed by atoms with E-state index in [4.69, 9.17) is 10.5 Å². The average Bonchev–Trinajstić information content (AvgIpc) is 3.36. The molecule has 0 saturated heterocycles. The van der Waals surface area contributed by atoms with Crippen LogP contribution in [0.15, 0.2) is 36.9 Å². The summed E-state index contributed by atoms with van der Waals surface area (Å²) >= 11 is 0. The van der Waals surface area contributed by atoms with E-state index in [1.807, 2.05) is 0 Å². The molecule has 0 radical (unpaired) electrons. The van der Waals surface area contributed by atoms with E-state index in [2.05, 4.69) is 36.6 Å². The van der Waals surface area contributed by atoms with Gasteiger partial charge in [-0.3, -0.25) is 4.79 Å². The van der Waals surface area contributed by atoms with Crippen molar-refractivity contribution in [2.24, 2.45) is 12.8 Å². The van der Waals surface area contributed by atoms with E-state index >= 15 is 0 Å². The number of nitriles is 1. The van der Waals surface area contributed by atoms with E-state index < -0.39 is 23.2 Å². The molecule has 0 fully saturated rings. The largest absolute Gasteiger partial charge is 0.450 e. The van der Waals surface area contributed by atoms with Gasteiger partial charge in [0, 0.05) is 43.8 Å². The number of aromatic amines is 1. The van der Waals surface area contributed by atoms with Gasteiger partial charge in [0.15, 0.2) is 22.8 Å². The predicted molar refractivity (Wildman–Crippen MR) is 146 cm³/mol. The Morgan fingerprint density at radius 1 is 1.26 bits per heavy atom. The second kappa shape index (κ2) is 9.91. The normalized spacial score (nSPS) is 14.6. The van der Waals surface area contributed by atoms with Gasteiger partial charge >= 0.3 is 12.1 Å². The smallest absolute Gasteiger partial charge is 0.416 e. The lowest BCUT2D eigenvalue weighted by Crippen LogP contribution is -2.36. The number of pyridine rings is 1. The molecule has 0 aliphatic carbocycles. The highest BCUT2D eigenvalue weighted by Gasteiger charge is 2.48. The first-order valence-electron chi connectivity index (χ1n) is 12.5. The van der Waals surface area contributed by atoms with Crippen LogP contribution in [-0.4, -0.2) is 44.8 Å². The topological polar surface area (TPSA) is 162 Å². The van der Waals surface area contributed by atoms with E-state index in [9.17, 15) is 23.2 Å². The number of nitrogens with one attached hydrogen (secondary N) is 3. The number of anilines is 3. The number of fused-ring (bicyclic) bond motifs is 2. The third kappa shape index (κ3) is 4.37. The third-order valence-electron chi connectivity index (χ3n) is 7.27. The lowest BCUT2D eigenvalue weighted by molar-refractivity contribution is -0.629. The minimum atomic E-state index is -4.71. The lowest BCUT2D eigenvalue weighted by Gasteiger charge is -2.30. The standard InChI is InChI=1S/C27H25F3N10O2/c1-26(2)19-14(24(41)40(26)5)8-13(9-16(19)27(28,29)30)37-25-38-23-21(39(25)4)15(10-31)18(12-36-23)42-17(11-32)20-22(33-3)35-7-6-34-20/h6-9,11-12H,1-5H3,(H4,32,33,34,35,36,37,38)/p+1. The Hall–Kier alpha value is -5.39. The highest BCUT2D eigenvalue weighted by Crippen LogP contribution is 2.46. The number of imidazole rings is 1. The molecule has 4 heterocycles. The molecule has 5 N–H and O–H groups in total. The first kappa shape index (κ1) is 28.1. The van der Waals surface area contributed by atoms with Crippen LogP contribution in [0.2, 0.25) is 0 Å². The minimum Gasteiger partial charge on any atom is -0.450 e. The Morgan fingerprint density at radius 3 is 2.62 bits per heavy atom. The van der Waals surface area contributed by atoms with Gasteiger partial charge in [0.05, 0.1) is 24.3 Å². The van der Waals surface area contributed by atoms with Gasteiger partial charge in [-0.2, -0.15) is 18.4 Å². The molecule has 0 atom stereocenters. The van der Waals surface area contributed by atoms with Gasteiger partial charge in [-0.1, -0.05) is 0 Å². The van der Waals surface area contributed by atoms with Crippen LogP contribution in [0.1, 0.15) is 46.6 Å². The molecule has 0 unspecified atom stereocenters. The molecule has 1 aliphatic heterocycles. The number of benzene rings is 1. The number of ether oxygens (including phenoxy) is 1. The maximum absolute atomic E-state index is 14.2. The number of alkyl halides is 3. The Labute approximate surface area is 237 Å². The quantitative estimate of drug-likeness (QED) is 0.198. The molecule has 5 rings (SSSR count). The van der Waals surface area contributed by atoms with Crippen LogP contribution < -0.4 is 25.7 Å². The van der Waals surface area contributed by atoms with Crippen molar-refractivity contribution in [1.29, 1.82) is 5.26 Å². The number of nitrogens with zero attached hydrogens (tertiary/aromatic N) is 6. The number of aromatic nitrogens is 5. The molecule has 1 aliphatic rings. The number of hydrogen-bond acceptors (Lipinski definition) is 9. The number of nitrogens with two attached hydrogens (primary N) is 1. The summed E-state index contributed by atoms with van der Waals surface area (Å²) in [4.78, 5) is 29.9. The Morgan fingerprint density at radius 2 is 1.98 bits per heavy atom. The maximum Gasteiger partial charge on any atom is 0.416 e. The summed E-state index contributed by atoms with van der Waals surface area (Å²) in [5.41, 5.74) is 4.56. The van der Waals surface area contributed by atoms with E-state index in [1.165, 1.54) is 47.4 Å². The molecule has 216 valence electrons. The number of carbonyl (C=O) groups excluding carboxylic acids is 1. The summed E-state index contributed by atoms with van der Waals surface area (Å²) in [7, 11) is 4.71. The van der Waals surface area contributed by atoms with Crippen molar-refractivity contribution < 1.29 is 27.3 Å². The van der Waals surface area contributed by atoms with E-state index in [0.29, 0.717) is 17.0 Å². The van der Waals surface area contributed by atoms with Gasteiger partial charge in [-0.15, -0.1) is 0 Å². The Balaban J connectivity index is 1.58. The molecule has 0 spiro atoms. The number of carbonyl (C=O) groups is 1. The SMILES string of the molecule is CNc1nccnc1/C(=C\N)Oc1cnc2[nH]c(Nc3cc4c(c(C(F)(F)F)c3)C(C)(C)N(C)C4=O)[n+](C)c2c1C#N. The molecule has 1 aromatic carbocycles. The van der Waals surface area contributed by atoms with Crippen molar-refractivity contribution in [3.8, 4) is 11.8 Å². The van der Waals surface area contributed by atoms with Gasteiger partial charge in [0.2, 0.25) is 5.65 Å². The number of H-pyrrole nitrogens is 1. The van der Waals surface area contributed by atoms with Crippen LogP contribution in [0.4, 0.5) is 30.6 Å². The summed E-state index contributed by atoms with van der Waals surface area (Å²) in [5, 5.41) is 15.9. The first-order chi connectivity index (χ1) is 19.8. The van der Waals surface area contributed by atoms with Gasteiger partial charge in [0.25, 0.3) is 5.91 Å². The Kier molecular flexibility index (Phi) is 6.64. The molecule has 1 amide bonds. The molecular formula is C27H26F3N10O2+. The van der Waals surface area contributed by atoms with Crippen molar-refractivity contribution in [2.75, 3.05) is 24.7 Å². The van der Waals surface area contributed by atoms with Crippen molar-refractivity contribution in [3.05, 3.63) is 64.9 Å². The maximum atomic E-state index is 14.2. The van der Waals surface area contributed by atoms with E-state index in [0.717, 1.165) is 6.07 Å². The van der Waals surface area contributed by atoms with Crippen molar-refractivity contribution in [3.63, 3.8) is 0 Å². The van der Waals surface area contributed by atoms with Crippen LogP contribution in [0.25, 0.3) is 16.9 Å². The van der Waals surface area contributed by atoms with Crippen LogP contribution in [-0.2, 0) is 18.8 Å². The summed E-state index contributed by atoms with van der Waals surface area (Å²) in [6, 6.07) is 4.44. The second-order valence-corrected chi connectivity index (χ2v) is 9.97. The fourth-order valence-corrected chi connectivity index (χ4v) is 5.00. The third-order valence-corrected chi connectivity index (χ3v) is 7.27. The van der Waals surface area contributed by atoms with Gasteiger partial charge in [0.1, 0.15) is 23.0 Å². The zero-order chi connectivity index (χ0) is 30.6. The molecule has 3 aromatic heterocycles. The van der Waals surface area contributed by atoms with Crippen LogP contribution in [0.3, 0.4) is 0 Å². The highest BCUT2D eigenvalue weighted by atomic mass is 19.4. The van der Waals surface area contributed by atoms with E-state index in [1.54, 1.807) is 27.9 Å². The lowest BCUT2D eigenvalue weighted by atomic mass is 9.88. The van der Waals surface area contributed by atoms with Gasteiger partial charge < -0.3 is 20.7 Å². The minimum absolute atomic E-state index is 0.0215. The fourth-order valence-electron chi connectivity index (χ4n) is 5.00. The number of amides is 1. The zero-order valence-electron chi connectivity index (χ0n) is 23.2. The van der Waals surface area contributed by atoms with Crippen LogP contribution in [0, 0.1) is 11.3 Å². The summed E-state index contributed by atoms with van der Waals surface area (Å²) in [6.45, 7) is 3.14.